The van der Waals surface area contributed by atoms with Gasteiger partial charge in [-0.05, 0) is 50.2 Å². The molecule has 0 amide bonds. The lowest BCUT2D eigenvalue weighted by atomic mass is 10.1. The standard InChI is InChI=1S/C19H13Cl3N2S2/c1-9-13(7-15(21)25-9)17-18(14-8-16(22)26-10(14)2)24-19(23-17)11-3-5-12(20)6-4-11/h3-8H,1-2H3,(H,23,24). The highest BCUT2D eigenvalue weighted by Gasteiger charge is 2.21. The van der Waals surface area contributed by atoms with Gasteiger partial charge in [0.1, 0.15) is 5.82 Å². The molecular formula is C19H13Cl3N2S2. The Labute approximate surface area is 174 Å². The fourth-order valence-electron chi connectivity index (χ4n) is 2.88. The molecule has 26 heavy (non-hydrogen) atoms. The van der Waals surface area contributed by atoms with Crippen LogP contribution in [0.1, 0.15) is 9.75 Å². The molecule has 7 heteroatoms. The van der Waals surface area contributed by atoms with Gasteiger partial charge in [-0.1, -0.05) is 34.8 Å². The third-order valence-electron chi connectivity index (χ3n) is 4.12. The Bertz CT molecular complexity index is 1030. The first kappa shape index (κ1) is 18.1. The van der Waals surface area contributed by atoms with E-state index in [2.05, 4.69) is 18.8 Å². The van der Waals surface area contributed by atoms with Crippen molar-refractivity contribution < 1.29 is 0 Å². The molecule has 0 saturated heterocycles. The van der Waals surface area contributed by atoms with E-state index in [0.717, 1.165) is 52.3 Å². The summed E-state index contributed by atoms with van der Waals surface area (Å²) in [5.41, 5.74) is 4.90. The van der Waals surface area contributed by atoms with E-state index in [0.29, 0.717) is 5.02 Å². The number of thiophene rings is 2. The molecule has 0 saturated carbocycles. The molecule has 0 bridgehead atoms. The minimum Gasteiger partial charge on any atom is -0.337 e. The van der Waals surface area contributed by atoms with Crippen molar-refractivity contribution in [2.24, 2.45) is 0 Å². The molecule has 0 aliphatic heterocycles. The Balaban J connectivity index is 1.95. The second-order valence-electron chi connectivity index (χ2n) is 5.86. The zero-order valence-corrected chi connectivity index (χ0v) is 17.8. The van der Waals surface area contributed by atoms with Crippen LogP contribution in [0.4, 0.5) is 0 Å². The summed E-state index contributed by atoms with van der Waals surface area (Å²) in [7, 11) is 0. The Kier molecular flexibility index (Phi) is 4.88. The number of aryl methyl sites for hydroxylation is 2. The molecule has 0 aliphatic carbocycles. The monoisotopic (exact) mass is 438 g/mol. The highest BCUT2D eigenvalue weighted by molar-refractivity contribution is 7.17. The summed E-state index contributed by atoms with van der Waals surface area (Å²) in [6.45, 7) is 4.12. The molecule has 132 valence electrons. The van der Waals surface area contributed by atoms with Gasteiger partial charge in [0.25, 0.3) is 0 Å². The van der Waals surface area contributed by atoms with E-state index in [1.807, 2.05) is 36.4 Å². The van der Waals surface area contributed by atoms with Crippen LogP contribution in [0.2, 0.25) is 13.7 Å². The van der Waals surface area contributed by atoms with Crippen LogP contribution < -0.4 is 0 Å². The zero-order chi connectivity index (χ0) is 18.4. The average molecular weight is 440 g/mol. The third kappa shape index (κ3) is 3.32. The van der Waals surface area contributed by atoms with Crippen molar-refractivity contribution in [1.82, 2.24) is 9.97 Å². The summed E-state index contributed by atoms with van der Waals surface area (Å²) in [5.74, 6) is 0.787. The van der Waals surface area contributed by atoms with Gasteiger partial charge in [-0.15, -0.1) is 22.7 Å². The van der Waals surface area contributed by atoms with E-state index in [-0.39, 0.29) is 0 Å². The number of halogens is 3. The smallest absolute Gasteiger partial charge is 0.138 e. The Morgan fingerprint density at radius 2 is 1.42 bits per heavy atom. The minimum atomic E-state index is 0.696. The first-order chi connectivity index (χ1) is 12.4. The predicted molar refractivity (Wildman–Crippen MR) is 115 cm³/mol. The summed E-state index contributed by atoms with van der Waals surface area (Å²) in [5, 5.41) is 0.696. The SMILES string of the molecule is Cc1sc(Cl)cc1-c1nc(-c2ccc(Cl)cc2)[nH]c1-c1cc(Cl)sc1C. The van der Waals surface area contributed by atoms with Gasteiger partial charge in [0.2, 0.25) is 0 Å². The maximum Gasteiger partial charge on any atom is 0.138 e. The van der Waals surface area contributed by atoms with E-state index >= 15 is 0 Å². The van der Waals surface area contributed by atoms with Gasteiger partial charge < -0.3 is 4.98 Å². The first-order valence-corrected chi connectivity index (χ1v) is 10.6. The lowest BCUT2D eigenvalue weighted by Gasteiger charge is -2.01. The highest BCUT2D eigenvalue weighted by atomic mass is 35.5. The number of hydrogen-bond acceptors (Lipinski definition) is 3. The average Bonchev–Trinajstić information content (AvgIpc) is 3.25. The molecule has 3 heterocycles. The maximum atomic E-state index is 6.24. The molecule has 0 aliphatic rings. The van der Waals surface area contributed by atoms with E-state index in [1.54, 1.807) is 22.7 Å². The van der Waals surface area contributed by atoms with Crippen molar-refractivity contribution in [2.45, 2.75) is 13.8 Å². The van der Waals surface area contributed by atoms with Crippen molar-refractivity contribution in [2.75, 3.05) is 0 Å². The van der Waals surface area contributed by atoms with Crippen LogP contribution in [0, 0.1) is 13.8 Å². The zero-order valence-electron chi connectivity index (χ0n) is 13.9. The van der Waals surface area contributed by atoms with Crippen LogP contribution in [0.15, 0.2) is 36.4 Å². The number of imidazole rings is 1. The first-order valence-electron chi connectivity index (χ1n) is 7.81. The van der Waals surface area contributed by atoms with Crippen molar-refractivity contribution in [1.29, 1.82) is 0 Å². The van der Waals surface area contributed by atoms with Crippen LogP contribution in [0.25, 0.3) is 33.9 Å². The van der Waals surface area contributed by atoms with E-state index < -0.39 is 0 Å². The van der Waals surface area contributed by atoms with Crippen LogP contribution in [0.3, 0.4) is 0 Å². The van der Waals surface area contributed by atoms with E-state index in [9.17, 15) is 0 Å². The molecule has 4 rings (SSSR count). The highest BCUT2D eigenvalue weighted by Crippen LogP contribution is 2.42. The van der Waals surface area contributed by atoms with Crippen molar-refractivity contribution >= 4 is 57.5 Å². The predicted octanol–water partition coefficient (Wildman–Crippen LogP) is 8.11. The molecule has 1 aromatic carbocycles. The van der Waals surface area contributed by atoms with Gasteiger partial charge >= 0.3 is 0 Å². The Hall–Kier alpha value is -1.30. The fourth-order valence-corrected chi connectivity index (χ4v) is 5.40. The Morgan fingerprint density at radius 3 is 1.96 bits per heavy atom. The molecule has 1 N–H and O–H groups in total. The molecule has 0 fully saturated rings. The number of aromatic amines is 1. The summed E-state index contributed by atoms with van der Waals surface area (Å²) < 4.78 is 1.51. The lowest BCUT2D eigenvalue weighted by molar-refractivity contribution is 1.31. The van der Waals surface area contributed by atoms with Crippen LogP contribution in [0.5, 0.6) is 0 Å². The number of hydrogen-bond donors (Lipinski definition) is 1. The molecular weight excluding hydrogens is 427 g/mol. The topological polar surface area (TPSA) is 28.7 Å². The van der Waals surface area contributed by atoms with Gasteiger partial charge in [-0.2, -0.15) is 0 Å². The summed E-state index contributed by atoms with van der Waals surface area (Å²) in [6, 6.07) is 11.6. The summed E-state index contributed by atoms with van der Waals surface area (Å²) in [4.78, 5) is 10.6. The van der Waals surface area contributed by atoms with Gasteiger partial charge in [-0.3, -0.25) is 0 Å². The number of benzene rings is 1. The molecule has 3 aromatic heterocycles. The molecule has 4 aromatic rings. The van der Waals surface area contributed by atoms with Crippen molar-refractivity contribution in [3.63, 3.8) is 0 Å². The number of nitrogens with one attached hydrogen (secondary N) is 1. The van der Waals surface area contributed by atoms with Gasteiger partial charge in [0.15, 0.2) is 0 Å². The molecule has 0 spiro atoms. The van der Waals surface area contributed by atoms with Crippen molar-refractivity contribution in [3.05, 3.63) is 59.8 Å². The second-order valence-corrected chi connectivity index (χ2v) is 10.1. The fraction of sp³-hybridized carbons (Fsp3) is 0.105. The van der Waals surface area contributed by atoms with Crippen LogP contribution in [-0.4, -0.2) is 9.97 Å². The number of nitrogens with zero attached hydrogens (tertiary/aromatic N) is 1. The lowest BCUT2D eigenvalue weighted by Crippen LogP contribution is -1.83. The summed E-state index contributed by atoms with van der Waals surface area (Å²) in [6.07, 6.45) is 0. The van der Waals surface area contributed by atoms with Gasteiger partial charge in [-0.25, -0.2) is 4.98 Å². The minimum absolute atomic E-state index is 0.696. The van der Waals surface area contributed by atoms with Crippen LogP contribution >= 0.6 is 57.5 Å². The van der Waals surface area contributed by atoms with Crippen LogP contribution in [-0.2, 0) is 0 Å². The number of rotatable bonds is 3. The van der Waals surface area contributed by atoms with Gasteiger partial charge in [0, 0.05) is 31.5 Å². The quantitative estimate of drug-likeness (QED) is 0.343. The molecule has 0 unspecified atom stereocenters. The Morgan fingerprint density at radius 1 is 0.846 bits per heavy atom. The molecule has 2 nitrogen and oxygen atoms in total. The normalized spacial score (nSPS) is 11.3. The van der Waals surface area contributed by atoms with Crippen molar-refractivity contribution in [3.8, 4) is 33.9 Å². The second kappa shape index (κ2) is 7.02. The third-order valence-corrected chi connectivity index (χ3v) is 6.73. The molecule has 0 atom stereocenters. The van der Waals surface area contributed by atoms with E-state index in [4.69, 9.17) is 39.8 Å². The number of H-pyrrole nitrogens is 1. The molecule has 0 radical (unpaired) electrons. The van der Waals surface area contributed by atoms with E-state index in [1.165, 1.54) is 0 Å². The number of aromatic nitrogens is 2. The summed E-state index contributed by atoms with van der Waals surface area (Å²) >= 11 is 21.6. The van der Waals surface area contributed by atoms with Gasteiger partial charge in [0.05, 0.1) is 20.1 Å². The largest absolute Gasteiger partial charge is 0.337 e. The maximum absolute atomic E-state index is 6.24.